The number of likely N-dealkylation sites (tertiary alicyclic amines) is 1. The summed E-state index contributed by atoms with van der Waals surface area (Å²) >= 11 is 0. The van der Waals surface area contributed by atoms with Crippen molar-refractivity contribution < 1.29 is 22.7 Å². The van der Waals surface area contributed by atoms with Crippen LogP contribution in [0.15, 0.2) is 24.3 Å². The fourth-order valence-corrected chi connectivity index (χ4v) is 4.31. The van der Waals surface area contributed by atoms with Crippen LogP contribution in [0.2, 0.25) is 0 Å². The van der Waals surface area contributed by atoms with Crippen molar-refractivity contribution in [3.63, 3.8) is 0 Å². The third-order valence-electron chi connectivity index (χ3n) is 5.87. The third-order valence-corrected chi connectivity index (χ3v) is 5.87. The van der Waals surface area contributed by atoms with Gasteiger partial charge in [0.15, 0.2) is 0 Å². The summed E-state index contributed by atoms with van der Waals surface area (Å²) < 4.78 is 45.4. The Morgan fingerprint density at radius 1 is 1.27 bits per heavy atom. The Kier molecular flexibility index (Phi) is 4.69. The predicted octanol–water partition coefficient (Wildman–Crippen LogP) is 2.43. The Labute approximate surface area is 150 Å². The number of nitrogens with zero attached hydrogens (tertiary/aromatic N) is 1. The first-order valence-electron chi connectivity index (χ1n) is 9.14. The van der Waals surface area contributed by atoms with Gasteiger partial charge < -0.3 is 10.1 Å². The van der Waals surface area contributed by atoms with Crippen LogP contribution in [-0.2, 0) is 16.1 Å². The quantitative estimate of drug-likeness (QED) is 0.868. The van der Waals surface area contributed by atoms with E-state index in [2.05, 4.69) is 10.2 Å². The second-order valence-electron chi connectivity index (χ2n) is 7.79. The first kappa shape index (κ1) is 17.8. The maximum absolute atomic E-state index is 13.8. The molecular formula is C19H23F3N2O2. The largest absolute Gasteiger partial charge is 0.376 e. The number of nitrogens with one attached hydrogen (secondary N) is 1. The second kappa shape index (κ2) is 6.85. The minimum atomic E-state index is -2.68. The van der Waals surface area contributed by atoms with Crippen molar-refractivity contribution >= 4 is 5.91 Å². The van der Waals surface area contributed by atoms with E-state index in [4.69, 9.17) is 4.74 Å². The molecule has 1 aliphatic carbocycles. The molecule has 4 nitrogen and oxygen atoms in total. The zero-order valence-corrected chi connectivity index (χ0v) is 14.5. The molecule has 4 rings (SSSR count). The van der Waals surface area contributed by atoms with Crippen molar-refractivity contribution in [2.24, 2.45) is 17.8 Å². The number of alkyl halides is 2. The summed E-state index contributed by atoms with van der Waals surface area (Å²) in [5.74, 6) is -3.26. The molecule has 142 valence electrons. The first-order valence-corrected chi connectivity index (χ1v) is 9.14. The van der Waals surface area contributed by atoms with E-state index in [9.17, 15) is 18.0 Å². The molecule has 3 aliphatic rings. The van der Waals surface area contributed by atoms with Crippen LogP contribution in [0.5, 0.6) is 0 Å². The monoisotopic (exact) mass is 368 g/mol. The molecule has 2 aliphatic heterocycles. The van der Waals surface area contributed by atoms with Gasteiger partial charge in [0.1, 0.15) is 5.82 Å². The maximum atomic E-state index is 13.8. The van der Waals surface area contributed by atoms with Crippen LogP contribution in [0, 0.1) is 23.6 Å². The zero-order valence-electron chi connectivity index (χ0n) is 14.5. The summed E-state index contributed by atoms with van der Waals surface area (Å²) in [7, 11) is 0. The molecule has 1 N–H and O–H groups in total. The van der Waals surface area contributed by atoms with Gasteiger partial charge in [0.25, 0.3) is 0 Å². The number of amides is 1. The Morgan fingerprint density at radius 3 is 2.77 bits per heavy atom. The fourth-order valence-electron chi connectivity index (χ4n) is 4.31. The lowest BCUT2D eigenvalue weighted by molar-refractivity contribution is -0.150. The van der Waals surface area contributed by atoms with Gasteiger partial charge in [-0.2, -0.15) is 0 Å². The van der Waals surface area contributed by atoms with Crippen molar-refractivity contribution in [1.82, 2.24) is 10.2 Å². The summed E-state index contributed by atoms with van der Waals surface area (Å²) in [6, 6.07) is 6.76. The van der Waals surface area contributed by atoms with E-state index in [-0.39, 0.29) is 42.5 Å². The highest BCUT2D eigenvalue weighted by Crippen LogP contribution is 2.42. The average molecular weight is 368 g/mol. The summed E-state index contributed by atoms with van der Waals surface area (Å²) in [4.78, 5) is 14.1. The fraction of sp³-hybridized carbons (Fsp3) is 0.632. The van der Waals surface area contributed by atoms with Gasteiger partial charge >= 0.3 is 0 Å². The van der Waals surface area contributed by atoms with Crippen LogP contribution in [-0.4, -0.2) is 49.1 Å². The highest BCUT2D eigenvalue weighted by Gasteiger charge is 2.49. The Hall–Kier alpha value is -1.60. The number of fused-ring (bicyclic) bond motifs is 1. The Balaban J connectivity index is 1.27. The summed E-state index contributed by atoms with van der Waals surface area (Å²) in [5, 5.41) is 2.82. The number of carbonyl (C=O) groups excluding carboxylic acids is 1. The van der Waals surface area contributed by atoms with E-state index in [0.29, 0.717) is 25.3 Å². The van der Waals surface area contributed by atoms with Gasteiger partial charge in [-0.3, -0.25) is 9.69 Å². The van der Waals surface area contributed by atoms with Crippen molar-refractivity contribution in [1.29, 1.82) is 0 Å². The summed E-state index contributed by atoms with van der Waals surface area (Å²) in [6.45, 7) is 3.11. The lowest BCUT2D eigenvalue weighted by Gasteiger charge is -2.34. The van der Waals surface area contributed by atoms with Gasteiger partial charge in [-0.1, -0.05) is 18.2 Å². The Bertz CT molecular complexity index is 677. The summed E-state index contributed by atoms with van der Waals surface area (Å²) in [6.07, 6.45) is -0.595. The second-order valence-corrected chi connectivity index (χ2v) is 7.79. The number of hydrogen-bond acceptors (Lipinski definition) is 3. The van der Waals surface area contributed by atoms with Crippen molar-refractivity contribution in [3.05, 3.63) is 35.6 Å². The molecule has 0 radical (unpaired) electrons. The summed E-state index contributed by atoms with van der Waals surface area (Å²) in [5.41, 5.74) is 0.670. The highest BCUT2D eigenvalue weighted by atomic mass is 19.3. The van der Waals surface area contributed by atoms with Crippen LogP contribution in [0.3, 0.4) is 0 Å². The molecule has 26 heavy (non-hydrogen) atoms. The standard InChI is InChI=1S/C19H23F3N2O2/c20-16-4-2-1-3-12(16)8-24-9-15-14(11-26-17(15)10-24)7-23-18(25)13-5-19(21,22)6-13/h1-4,13-15,17H,5-11H2,(H,23,25)/t14-,15-,17-/m1/s1. The average Bonchev–Trinajstić information content (AvgIpc) is 3.13. The van der Waals surface area contributed by atoms with Crippen LogP contribution in [0.1, 0.15) is 18.4 Å². The molecule has 0 aromatic heterocycles. The number of hydrogen-bond donors (Lipinski definition) is 1. The lowest BCUT2D eigenvalue weighted by atomic mass is 9.80. The molecule has 1 amide bonds. The number of halogens is 3. The molecule has 0 spiro atoms. The molecule has 3 fully saturated rings. The smallest absolute Gasteiger partial charge is 0.249 e. The van der Waals surface area contributed by atoms with Crippen molar-refractivity contribution in [3.8, 4) is 0 Å². The van der Waals surface area contributed by atoms with E-state index >= 15 is 0 Å². The Morgan fingerprint density at radius 2 is 2.04 bits per heavy atom. The number of benzene rings is 1. The maximum Gasteiger partial charge on any atom is 0.249 e. The van der Waals surface area contributed by atoms with Crippen LogP contribution < -0.4 is 5.32 Å². The zero-order chi connectivity index (χ0) is 18.3. The van der Waals surface area contributed by atoms with Gasteiger partial charge in [0.05, 0.1) is 12.7 Å². The first-order chi connectivity index (χ1) is 12.4. The van der Waals surface area contributed by atoms with Crippen molar-refractivity contribution in [2.75, 3.05) is 26.2 Å². The molecule has 2 heterocycles. The van der Waals surface area contributed by atoms with Crippen molar-refractivity contribution in [2.45, 2.75) is 31.4 Å². The molecule has 2 saturated heterocycles. The molecule has 1 aromatic carbocycles. The molecule has 1 saturated carbocycles. The van der Waals surface area contributed by atoms with E-state index < -0.39 is 11.8 Å². The van der Waals surface area contributed by atoms with Gasteiger partial charge in [0, 0.05) is 62.3 Å². The SMILES string of the molecule is O=C(NC[C@@H]1CO[C@@H]2CN(Cc3ccccc3F)C[C@H]12)C1CC(F)(F)C1. The van der Waals surface area contributed by atoms with Gasteiger partial charge in [-0.15, -0.1) is 0 Å². The molecule has 3 atom stereocenters. The van der Waals surface area contributed by atoms with Gasteiger partial charge in [-0.25, -0.2) is 13.2 Å². The number of carbonyl (C=O) groups is 1. The minimum Gasteiger partial charge on any atom is -0.376 e. The molecular weight excluding hydrogens is 345 g/mol. The third kappa shape index (κ3) is 3.60. The van der Waals surface area contributed by atoms with Gasteiger partial charge in [-0.05, 0) is 6.07 Å². The normalized spacial score (nSPS) is 30.8. The van der Waals surface area contributed by atoms with E-state index in [1.165, 1.54) is 6.07 Å². The van der Waals surface area contributed by atoms with Crippen LogP contribution in [0.25, 0.3) is 0 Å². The topological polar surface area (TPSA) is 41.6 Å². The van der Waals surface area contributed by atoms with E-state index in [0.717, 1.165) is 13.1 Å². The van der Waals surface area contributed by atoms with E-state index in [1.54, 1.807) is 12.1 Å². The minimum absolute atomic E-state index is 0.0942. The molecule has 0 bridgehead atoms. The molecule has 7 heteroatoms. The molecule has 0 unspecified atom stereocenters. The van der Waals surface area contributed by atoms with Crippen LogP contribution in [0.4, 0.5) is 13.2 Å². The lowest BCUT2D eigenvalue weighted by Crippen LogP contribution is -2.46. The molecule has 1 aromatic rings. The van der Waals surface area contributed by atoms with Crippen LogP contribution >= 0.6 is 0 Å². The number of ether oxygens (including phenoxy) is 1. The highest BCUT2D eigenvalue weighted by molar-refractivity contribution is 5.79. The van der Waals surface area contributed by atoms with E-state index in [1.807, 2.05) is 6.07 Å². The van der Waals surface area contributed by atoms with Gasteiger partial charge in [0.2, 0.25) is 11.8 Å². The predicted molar refractivity (Wildman–Crippen MR) is 89.1 cm³/mol. The number of rotatable bonds is 5.